The lowest BCUT2D eigenvalue weighted by Gasteiger charge is -2.33. The van der Waals surface area contributed by atoms with Crippen molar-refractivity contribution in [3.05, 3.63) is 71.8 Å². The van der Waals surface area contributed by atoms with Crippen LogP contribution in [0.25, 0.3) is 0 Å². The van der Waals surface area contributed by atoms with E-state index in [4.69, 9.17) is 4.74 Å². The van der Waals surface area contributed by atoms with E-state index in [-0.39, 0.29) is 11.6 Å². The SMILES string of the molecule is CCC=C[C@]1(CC)CSc2cc(OC)ccc2[C@H](c2ccccc2)N1. The van der Waals surface area contributed by atoms with Crippen LogP contribution in [0.5, 0.6) is 5.75 Å². The standard InChI is InChI=1S/C22H27NOS/c1-4-6-14-22(5-2)16-25-20-15-18(24-3)12-13-19(20)21(23-22)17-10-8-7-9-11-17/h6-15,21,23H,4-5,16H2,1-3H3/t21-,22+/m0/s1. The number of benzene rings is 2. The average molecular weight is 354 g/mol. The fourth-order valence-electron chi connectivity index (χ4n) is 3.29. The molecule has 0 bridgehead atoms. The van der Waals surface area contributed by atoms with E-state index in [2.05, 4.69) is 79.8 Å². The van der Waals surface area contributed by atoms with Gasteiger partial charge in [-0.25, -0.2) is 0 Å². The molecule has 1 N–H and O–H groups in total. The zero-order valence-corrected chi connectivity index (χ0v) is 16.1. The molecule has 3 heteroatoms. The Morgan fingerprint density at radius 1 is 1.20 bits per heavy atom. The van der Waals surface area contributed by atoms with Crippen molar-refractivity contribution in [2.24, 2.45) is 0 Å². The Hall–Kier alpha value is -1.71. The molecule has 1 aliphatic heterocycles. The summed E-state index contributed by atoms with van der Waals surface area (Å²) in [4.78, 5) is 1.31. The quantitative estimate of drug-likeness (QED) is 0.708. The maximum absolute atomic E-state index is 5.46. The van der Waals surface area contributed by atoms with Gasteiger partial charge in [-0.15, -0.1) is 11.8 Å². The summed E-state index contributed by atoms with van der Waals surface area (Å²) in [6.07, 6.45) is 6.78. The van der Waals surface area contributed by atoms with Crippen molar-refractivity contribution < 1.29 is 4.74 Å². The fourth-order valence-corrected chi connectivity index (χ4v) is 4.64. The van der Waals surface area contributed by atoms with Crippen LogP contribution in [-0.2, 0) is 0 Å². The fraction of sp³-hybridized carbons (Fsp3) is 0.364. The summed E-state index contributed by atoms with van der Waals surface area (Å²) in [6.45, 7) is 4.46. The highest BCUT2D eigenvalue weighted by atomic mass is 32.2. The highest BCUT2D eigenvalue weighted by Crippen LogP contribution is 2.41. The largest absolute Gasteiger partial charge is 0.497 e. The summed E-state index contributed by atoms with van der Waals surface area (Å²) in [7, 11) is 1.73. The molecule has 3 rings (SSSR count). The summed E-state index contributed by atoms with van der Waals surface area (Å²) in [6, 6.07) is 17.4. The number of methoxy groups -OCH3 is 1. The Balaban J connectivity index is 2.09. The number of ether oxygens (including phenoxy) is 1. The van der Waals surface area contributed by atoms with Gasteiger partial charge in [0.1, 0.15) is 5.75 Å². The first kappa shape index (κ1) is 18.1. The van der Waals surface area contributed by atoms with Crippen LogP contribution in [0, 0.1) is 0 Å². The van der Waals surface area contributed by atoms with Crippen molar-refractivity contribution in [3.63, 3.8) is 0 Å². The van der Waals surface area contributed by atoms with Crippen LogP contribution in [0.15, 0.2) is 65.6 Å². The van der Waals surface area contributed by atoms with Crippen LogP contribution in [0.1, 0.15) is 43.9 Å². The Labute approximate surface area is 155 Å². The first-order valence-electron chi connectivity index (χ1n) is 9.02. The molecule has 1 aliphatic rings. The van der Waals surface area contributed by atoms with Crippen LogP contribution in [-0.4, -0.2) is 18.4 Å². The molecule has 0 saturated carbocycles. The van der Waals surface area contributed by atoms with Crippen LogP contribution in [0.2, 0.25) is 0 Å². The normalized spacial score (nSPS) is 23.2. The number of fused-ring (bicyclic) bond motifs is 1. The molecule has 2 aromatic rings. The Morgan fingerprint density at radius 2 is 2.00 bits per heavy atom. The second-order valence-electron chi connectivity index (χ2n) is 6.50. The van der Waals surface area contributed by atoms with Crippen LogP contribution in [0.3, 0.4) is 0 Å². The molecule has 0 fully saturated rings. The van der Waals surface area contributed by atoms with Crippen molar-refractivity contribution in [2.45, 2.75) is 43.2 Å². The van der Waals surface area contributed by atoms with E-state index < -0.39 is 0 Å². The van der Waals surface area contributed by atoms with E-state index >= 15 is 0 Å². The molecule has 0 saturated heterocycles. The van der Waals surface area contributed by atoms with Crippen molar-refractivity contribution in [2.75, 3.05) is 12.9 Å². The summed E-state index contributed by atoms with van der Waals surface area (Å²) in [5.41, 5.74) is 2.63. The van der Waals surface area contributed by atoms with E-state index in [1.807, 2.05) is 11.8 Å². The molecule has 0 radical (unpaired) electrons. The monoisotopic (exact) mass is 353 g/mol. The lowest BCUT2D eigenvalue weighted by molar-refractivity contribution is 0.396. The van der Waals surface area contributed by atoms with Gasteiger partial charge in [0.2, 0.25) is 0 Å². The summed E-state index contributed by atoms with van der Waals surface area (Å²) in [5.74, 6) is 1.94. The molecule has 2 atom stereocenters. The minimum atomic E-state index is -0.00651. The smallest absolute Gasteiger partial charge is 0.119 e. The zero-order valence-electron chi connectivity index (χ0n) is 15.3. The third-order valence-electron chi connectivity index (χ3n) is 4.89. The average Bonchev–Trinajstić information content (AvgIpc) is 2.84. The molecular weight excluding hydrogens is 326 g/mol. The molecular formula is C22H27NOS. The van der Waals surface area contributed by atoms with Gasteiger partial charge in [0.05, 0.1) is 13.2 Å². The van der Waals surface area contributed by atoms with Gasteiger partial charge < -0.3 is 4.74 Å². The predicted octanol–water partition coefficient (Wildman–Crippen LogP) is 5.59. The first-order chi connectivity index (χ1) is 12.2. The second kappa shape index (κ2) is 8.11. The Bertz CT molecular complexity index is 728. The third-order valence-corrected chi connectivity index (χ3v) is 6.21. The number of allylic oxidation sites excluding steroid dienone is 1. The van der Waals surface area contributed by atoms with Gasteiger partial charge in [0.15, 0.2) is 0 Å². The Morgan fingerprint density at radius 3 is 2.68 bits per heavy atom. The number of hydrogen-bond donors (Lipinski definition) is 1. The van der Waals surface area contributed by atoms with E-state index in [1.165, 1.54) is 16.0 Å². The third kappa shape index (κ3) is 3.94. The molecule has 0 aliphatic carbocycles. The lowest BCUT2D eigenvalue weighted by atomic mass is 9.91. The van der Waals surface area contributed by atoms with Crippen LogP contribution >= 0.6 is 11.8 Å². The molecule has 0 unspecified atom stereocenters. The molecule has 132 valence electrons. The van der Waals surface area contributed by atoms with E-state index in [0.717, 1.165) is 24.3 Å². The zero-order chi connectivity index (χ0) is 17.7. The summed E-state index contributed by atoms with van der Waals surface area (Å²) < 4.78 is 5.46. The summed E-state index contributed by atoms with van der Waals surface area (Å²) in [5, 5.41) is 3.98. The minimum absolute atomic E-state index is 0.00651. The van der Waals surface area contributed by atoms with Gasteiger partial charge in [-0.05, 0) is 36.1 Å². The van der Waals surface area contributed by atoms with Gasteiger partial charge in [0.25, 0.3) is 0 Å². The molecule has 0 amide bonds. The van der Waals surface area contributed by atoms with Crippen molar-refractivity contribution >= 4 is 11.8 Å². The minimum Gasteiger partial charge on any atom is -0.497 e. The van der Waals surface area contributed by atoms with E-state index in [9.17, 15) is 0 Å². The van der Waals surface area contributed by atoms with Gasteiger partial charge in [0, 0.05) is 16.2 Å². The van der Waals surface area contributed by atoms with Gasteiger partial charge >= 0.3 is 0 Å². The maximum Gasteiger partial charge on any atom is 0.119 e. The maximum atomic E-state index is 5.46. The summed E-state index contributed by atoms with van der Waals surface area (Å²) >= 11 is 1.93. The number of nitrogens with one attached hydrogen (secondary N) is 1. The van der Waals surface area contributed by atoms with E-state index in [1.54, 1.807) is 7.11 Å². The van der Waals surface area contributed by atoms with Crippen LogP contribution in [0.4, 0.5) is 0 Å². The molecule has 0 spiro atoms. The van der Waals surface area contributed by atoms with Gasteiger partial charge in [-0.1, -0.05) is 62.4 Å². The topological polar surface area (TPSA) is 21.3 Å². The van der Waals surface area contributed by atoms with Crippen LogP contribution < -0.4 is 10.1 Å². The predicted molar refractivity (Wildman–Crippen MR) is 108 cm³/mol. The molecule has 2 nitrogen and oxygen atoms in total. The first-order valence-corrected chi connectivity index (χ1v) is 10.0. The Kier molecular flexibility index (Phi) is 5.87. The molecule has 25 heavy (non-hydrogen) atoms. The number of hydrogen-bond acceptors (Lipinski definition) is 3. The highest BCUT2D eigenvalue weighted by Gasteiger charge is 2.34. The molecule has 1 heterocycles. The van der Waals surface area contributed by atoms with E-state index in [0.29, 0.717) is 0 Å². The molecule has 2 aromatic carbocycles. The van der Waals surface area contributed by atoms with Gasteiger partial charge in [-0.3, -0.25) is 5.32 Å². The lowest BCUT2D eigenvalue weighted by Crippen LogP contribution is -2.46. The molecule has 0 aromatic heterocycles. The van der Waals surface area contributed by atoms with Crippen molar-refractivity contribution in [1.82, 2.24) is 5.32 Å². The second-order valence-corrected chi connectivity index (χ2v) is 7.52. The van der Waals surface area contributed by atoms with Crippen molar-refractivity contribution in [3.8, 4) is 5.75 Å². The van der Waals surface area contributed by atoms with Gasteiger partial charge in [-0.2, -0.15) is 0 Å². The number of thioether (sulfide) groups is 1. The highest BCUT2D eigenvalue weighted by molar-refractivity contribution is 7.99. The number of rotatable bonds is 5. The van der Waals surface area contributed by atoms with Crippen molar-refractivity contribution in [1.29, 1.82) is 0 Å².